The molecule has 0 aliphatic carbocycles. The molecule has 0 bridgehead atoms. The predicted molar refractivity (Wildman–Crippen MR) is 89.0 cm³/mol. The molecule has 4 nitrogen and oxygen atoms in total. The van der Waals surface area contributed by atoms with Crippen molar-refractivity contribution in [3.05, 3.63) is 12.2 Å². The van der Waals surface area contributed by atoms with Gasteiger partial charge >= 0.3 is 11.9 Å². The number of rotatable bonds is 15. The zero-order valence-electron chi connectivity index (χ0n) is 13.9. The lowest BCUT2D eigenvalue weighted by molar-refractivity contribution is -0.154. The normalized spacial score (nSPS) is 11.4. The van der Waals surface area contributed by atoms with E-state index in [-0.39, 0.29) is 6.42 Å². The largest absolute Gasteiger partial charge is 0.481 e. The lowest BCUT2D eigenvalue weighted by atomic mass is 10.0. The van der Waals surface area contributed by atoms with Crippen LogP contribution in [0.5, 0.6) is 0 Å². The van der Waals surface area contributed by atoms with Gasteiger partial charge in [0.05, 0.1) is 0 Å². The molecule has 0 rings (SSSR count). The molecule has 0 saturated heterocycles. The van der Waals surface area contributed by atoms with E-state index < -0.39 is 17.9 Å². The molecule has 0 aliphatic heterocycles. The first-order chi connectivity index (χ1) is 10.6. The quantitative estimate of drug-likeness (QED) is 0.253. The molecule has 128 valence electrons. The van der Waals surface area contributed by atoms with Crippen LogP contribution in [0, 0.1) is 5.92 Å². The first kappa shape index (κ1) is 20.7. The molecule has 0 unspecified atom stereocenters. The summed E-state index contributed by atoms with van der Waals surface area (Å²) in [5, 5.41) is 17.5. The third kappa shape index (κ3) is 12.4. The zero-order valence-corrected chi connectivity index (χ0v) is 13.9. The second kappa shape index (κ2) is 14.6. The van der Waals surface area contributed by atoms with Crippen LogP contribution in [0.25, 0.3) is 0 Å². The molecule has 2 N–H and O–H groups in total. The van der Waals surface area contributed by atoms with Crippen molar-refractivity contribution in [3.63, 3.8) is 0 Å². The standard InChI is InChI=1S/C18H32O4/c1-2-3-4-5-6-7-8-9-10-11-12-13-14-15-16(17(19)20)18(21)22/h8-9,16H,2-7,10-15H2,1H3,(H,19,20)(H,21,22)/b9-8+. The monoisotopic (exact) mass is 312 g/mol. The minimum absolute atomic E-state index is 0.234. The SMILES string of the molecule is CCCCCCC/C=C/CCCCCCC(C(=O)O)C(=O)O. The summed E-state index contributed by atoms with van der Waals surface area (Å²) in [6.07, 6.45) is 17.2. The van der Waals surface area contributed by atoms with Crippen molar-refractivity contribution < 1.29 is 19.8 Å². The highest BCUT2D eigenvalue weighted by Gasteiger charge is 2.24. The second-order valence-electron chi connectivity index (χ2n) is 5.89. The number of carboxylic acid groups (broad SMARTS) is 2. The molecular weight excluding hydrogens is 280 g/mol. The van der Waals surface area contributed by atoms with Crippen LogP contribution in [-0.4, -0.2) is 22.2 Å². The van der Waals surface area contributed by atoms with E-state index in [0.717, 1.165) is 25.7 Å². The Balaban J connectivity index is 3.39. The number of aliphatic carboxylic acids is 2. The van der Waals surface area contributed by atoms with Gasteiger partial charge in [0.2, 0.25) is 0 Å². The number of carboxylic acids is 2. The molecule has 0 amide bonds. The number of hydrogen-bond donors (Lipinski definition) is 2. The molecule has 0 atom stereocenters. The Morgan fingerprint density at radius 1 is 0.773 bits per heavy atom. The van der Waals surface area contributed by atoms with Crippen LogP contribution in [0.15, 0.2) is 12.2 Å². The van der Waals surface area contributed by atoms with Crippen LogP contribution in [-0.2, 0) is 9.59 Å². The molecule has 22 heavy (non-hydrogen) atoms. The van der Waals surface area contributed by atoms with Crippen LogP contribution < -0.4 is 0 Å². The van der Waals surface area contributed by atoms with E-state index in [9.17, 15) is 9.59 Å². The zero-order chi connectivity index (χ0) is 16.6. The summed E-state index contributed by atoms with van der Waals surface area (Å²) in [5.74, 6) is -3.70. The molecule has 0 aromatic rings. The lowest BCUT2D eigenvalue weighted by Gasteiger charge is -2.06. The fraction of sp³-hybridized carbons (Fsp3) is 0.778. The summed E-state index contributed by atoms with van der Waals surface area (Å²) in [5.41, 5.74) is 0. The smallest absolute Gasteiger partial charge is 0.317 e. The predicted octanol–water partition coefficient (Wildman–Crippen LogP) is 5.03. The van der Waals surface area contributed by atoms with E-state index in [2.05, 4.69) is 19.1 Å². The minimum Gasteiger partial charge on any atom is -0.481 e. The number of allylic oxidation sites excluding steroid dienone is 2. The van der Waals surface area contributed by atoms with E-state index in [0.29, 0.717) is 6.42 Å². The van der Waals surface area contributed by atoms with Crippen LogP contribution in [0.1, 0.15) is 84.0 Å². The number of hydrogen-bond acceptors (Lipinski definition) is 2. The summed E-state index contributed by atoms with van der Waals surface area (Å²) in [4.78, 5) is 21.4. The topological polar surface area (TPSA) is 74.6 Å². The lowest BCUT2D eigenvalue weighted by Crippen LogP contribution is -2.23. The highest BCUT2D eigenvalue weighted by molar-refractivity contribution is 5.92. The maximum atomic E-state index is 10.7. The summed E-state index contributed by atoms with van der Waals surface area (Å²) in [6, 6.07) is 0. The third-order valence-corrected chi connectivity index (χ3v) is 3.85. The van der Waals surface area contributed by atoms with Gasteiger partial charge in [0.1, 0.15) is 0 Å². The van der Waals surface area contributed by atoms with Gasteiger partial charge in [0.15, 0.2) is 5.92 Å². The van der Waals surface area contributed by atoms with Gasteiger partial charge in [-0.3, -0.25) is 9.59 Å². The van der Waals surface area contributed by atoms with Gasteiger partial charge in [-0.2, -0.15) is 0 Å². The van der Waals surface area contributed by atoms with E-state index in [1.54, 1.807) is 0 Å². The minimum atomic E-state index is -1.24. The van der Waals surface area contributed by atoms with Crippen LogP contribution >= 0.6 is 0 Å². The molecule has 0 radical (unpaired) electrons. The van der Waals surface area contributed by atoms with Crippen molar-refractivity contribution >= 4 is 11.9 Å². The molecule has 0 saturated carbocycles. The molecule has 0 spiro atoms. The van der Waals surface area contributed by atoms with Gasteiger partial charge in [0.25, 0.3) is 0 Å². The van der Waals surface area contributed by atoms with Crippen LogP contribution in [0.3, 0.4) is 0 Å². The van der Waals surface area contributed by atoms with Crippen molar-refractivity contribution in [2.24, 2.45) is 5.92 Å². The Labute approximate surface area is 134 Å². The Morgan fingerprint density at radius 3 is 1.68 bits per heavy atom. The summed E-state index contributed by atoms with van der Waals surface area (Å²) >= 11 is 0. The van der Waals surface area contributed by atoms with Crippen molar-refractivity contribution in [3.8, 4) is 0 Å². The van der Waals surface area contributed by atoms with E-state index in [1.807, 2.05) is 0 Å². The van der Waals surface area contributed by atoms with Crippen molar-refractivity contribution in [1.29, 1.82) is 0 Å². The fourth-order valence-electron chi connectivity index (χ4n) is 2.42. The Bertz CT molecular complexity index is 309. The average Bonchev–Trinajstić information content (AvgIpc) is 2.46. The number of unbranched alkanes of at least 4 members (excludes halogenated alkanes) is 9. The molecule has 0 fully saturated rings. The molecule has 0 heterocycles. The van der Waals surface area contributed by atoms with Crippen molar-refractivity contribution in [1.82, 2.24) is 0 Å². The molecular formula is C18H32O4. The Kier molecular flexibility index (Phi) is 13.7. The summed E-state index contributed by atoms with van der Waals surface area (Å²) in [6.45, 7) is 2.23. The van der Waals surface area contributed by atoms with Gasteiger partial charge in [-0.1, -0.05) is 64.0 Å². The van der Waals surface area contributed by atoms with Crippen LogP contribution in [0.2, 0.25) is 0 Å². The highest BCUT2D eigenvalue weighted by Crippen LogP contribution is 2.13. The van der Waals surface area contributed by atoms with Crippen LogP contribution in [0.4, 0.5) is 0 Å². The molecule has 0 aromatic heterocycles. The maximum Gasteiger partial charge on any atom is 0.317 e. The highest BCUT2D eigenvalue weighted by atomic mass is 16.4. The molecule has 0 aromatic carbocycles. The molecule has 4 heteroatoms. The van der Waals surface area contributed by atoms with E-state index in [4.69, 9.17) is 10.2 Å². The second-order valence-corrected chi connectivity index (χ2v) is 5.89. The van der Waals surface area contributed by atoms with Crippen molar-refractivity contribution in [2.75, 3.05) is 0 Å². The van der Waals surface area contributed by atoms with E-state index in [1.165, 1.54) is 38.5 Å². The molecule has 0 aliphatic rings. The van der Waals surface area contributed by atoms with E-state index >= 15 is 0 Å². The van der Waals surface area contributed by atoms with Crippen molar-refractivity contribution in [2.45, 2.75) is 84.0 Å². The Hall–Kier alpha value is -1.32. The first-order valence-corrected chi connectivity index (χ1v) is 8.70. The number of carbonyl (C=O) groups is 2. The summed E-state index contributed by atoms with van der Waals surface area (Å²) < 4.78 is 0. The van der Waals surface area contributed by atoms with Gasteiger partial charge in [-0.25, -0.2) is 0 Å². The average molecular weight is 312 g/mol. The van der Waals surface area contributed by atoms with Gasteiger partial charge in [0, 0.05) is 0 Å². The maximum absolute atomic E-state index is 10.7. The summed E-state index contributed by atoms with van der Waals surface area (Å²) in [7, 11) is 0. The van der Waals surface area contributed by atoms with Gasteiger partial charge in [-0.15, -0.1) is 0 Å². The fourth-order valence-corrected chi connectivity index (χ4v) is 2.42. The Morgan fingerprint density at radius 2 is 1.23 bits per heavy atom. The third-order valence-electron chi connectivity index (χ3n) is 3.85. The van der Waals surface area contributed by atoms with Gasteiger partial charge < -0.3 is 10.2 Å². The van der Waals surface area contributed by atoms with Gasteiger partial charge in [-0.05, 0) is 32.1 Å². The first-order valence-electron chi connectivity index (χ1n) is 8.70.